The van der Waals surface area contributed by atoms with Crippen LogP contribution in [0.3, 0.4) is 0 Å². The average Bonchev–Trinajstić information content (AvgIpc) is 2.85. The second kappa shape index (κ2) is 28.3. The van der Waals surface area contributed by atoms with Crippen molar-refractivity contribution in [2.24, 2.45) is 0 Å². The van der Waals surface area contributed by atoms with Crippen molar-refractivity contribution >= 4 is 19.4 Å². The summed E-state index contributed by atoms with van der Waals surface area (Å²) in [5.74, 6) is 2.07. The lowest BCUT2D eigenvalue weighted by Crippen LogP contribution is -2.17. The topological polar surface area (TPSA) is 117 Å². The van der Waals surface area contributed by atoms with Crippen molar-refractivity contribution in [1.82, 2.24) is 5.32 Å². The quantitative estimate of drug-likeness (QED) is 0.0306. The smallest absolute Gasteiger partial charge is 0.324 e. The highest BCUT2D eigenvalue weighted by atomic mass is 32.2. The molecule has 0 saturated carbocycles. The van der Waals surface area contributed by atoms with Gasteiger partial charge in [0.25, 0.3) is 0 Å². The molecule has 1 atom stereocenters. The molecule has 1 unspecified atom stereocenters. The van der Waals surface area contributed by atoms with Crippen LogP contribution in [0.25, 0.3) is 0 Å². The Morgan fingerprint density at radius 3 is 1.89 bits per heavy atom. The Labute approximate surface area is 225 Å². The lowest BCUT2D eigenvalue weighted by molar-refractivity contribution is -0.623. The molecule has 0 aliphatic carbocycles. The summed E-state index contributed by atoms with van der Waals surface area (Å²) in [6.07, 6.45) is 21.2. The molecular weight excluding hydrogens is 501 g/mol. The summed E-state index contributed by atoms with van der Waals surface area (Å²) in [5, 5.41) is 18.7. The predicted octanol–water partition coefficient (Wildman–Crippen LogP) is 7.64. The summed E-state index contributed by atoms with van der Waals surface area (Å²) in [7, 11) is -3.99. The van der Waals surface area contributed by atoms with E-state index in [0.29, 0.717) is 19.4 Å². The third-order valence-electron chi connectivity index (χ3n) is 6.49. The van der Waals surface area contributed by atoms with Crippen LogP contribution in [0.15, 0.2) is 0 Å². The van der Waals surface area contributed by atoms with E-state index in [9.17, 15) is 14.4 Å². The van der Waals surface area contributed by atoms with Crippen molar-refractivity contribution in [3.63, 3.8) is 0 Å². The minimum absolute atomic E-state index is 0.413. The van der Waals surface area contributed by atoms with Gasteiger partial charge in [0.15, 0.2) is 0 Å². The molecule has 0 aromatic carbocycles. The Balaban J connectivity index is 3.50. The monoisotopic (exact) mass is 557 g/mol. The number of unbranched alkanes of at least 4 members (excludes halogenated alkanes) is 13. The van der Waals surface area contributed by atoms with Gasteiger partial charge in [-0.05, 0) is 73.2 Å². The maximum absolute atomic E-state index is 11.9. The zero-order valence-electron chi connectivity index (χ0n) is 22.9. The molecule has 8 nitrogen and oxygen atoms in total. The van der Waals surface area contributed by atoms with Crippen LogP contribution in [-0.2, 0) is 19.5 Å². The SMILES string of the molecule is CCCCCCCCCCCCC(CCCSCCCNCCCCCCCOOOO)P(=O)(O)O. The zero-order valence-corrected chi connectivity index (χ0v) is 24.6. The molecule has 10 heteroatoms. The first-order valence-corrected chi connectivity index (χ1v) is 17.3. The summed E-state index contributed by atoms with van der Waals surface area (Å²) in [6, 6.07) is 0. The van der Waals surface area contributed by atoms with Gasteiger partial charge in [-0.25, -0.2) is 10.1 Å². The molecule has 0 bridgehead atoms. The number of hydrogen-bond donors (Lipinski definition) is 4. The van der Waals surface area contributed by atoms with Gasteiger partial charge >= 0.3 is 7.60 Å². The lowest BCUT2D eigenvalue weighted by atomic mass is 10.0. The van der Waals surface area contributed by atoms with Crippen molar-refractivity contribution in [2.75, 3.05) is 31.2 Å². The van der Waals surface area contributed by atoms with Gasteiger partial charge in [0, 0.05) is 0 Å². The van der Waals surface area contributed by atoms with E-state index in [1.165, 1.54) is 57.8 Å². The molecule has 0 amide bonds. The second-order valence-electron chi connectivity index (χ2n) is 9.80. The molecule has 0 aliphatic rings. The van der Waals surface area contributed by atoms with Crippen LogP contribution in [0.5, 0.6) is 0 Å². The molecule has 36 heavy (non-hydrogen) atoms. The second-order valence-corrected chi connectivity index (χ2v) is 12.9. The standard InChI is InChI=1S/C26H56NO7PS/c1-2-3-4-5-6-7-8-9-11-14-19-26(35(29,30)31)20-17-24-36-25-18-22-27-21-15-12-10-13-16-23-32-34-33-28/h26-28H,2-25H2,1H3,(H2,29,30,31). The fourth-order valence-corrected chi connectivity index (χ4v) is 6.25. The maximum Gasteiger partial charge on any atom is 0.328 e. The van der Waals surface area contributed by atoms with Gasteiger partial charge in [0.1, 0.15) is 0 Å². The largest absolute Gasteiger partial charge is 0.328 e. The fraction of sp³-hybridized carbons (Fsp3) is 1.00. The first-order chi connectivity index (χ1) is 17.5. The predicted molar refractivity (Wildman–Crippen MR) is 150 cm³/mol. The molecule has 0 aromatic rings. The van der Waals surface area contributed by atoms with Gasteiger partial charge in [-0.1, -0.05) is 90.4 Å². The molecule has 0 saturated heterocycles. The van der Waals surface area contributed by atoms with Crippen molar-refractivity contribution < 1.29 is 34.6 Å². The van der Waals surface area contributed by atoms with Crippen LogP contribution < -0.4 is 5.32 Å². The Hall–Kier alpha value is 0.300. The zero-order chi connectivity index (χ0) is 26.6. The normalized spacial score (nSPS) is 12.9. The van der Waals surface area contributed by atoms with Gasteiger partial charge in [-0.2, -0.15) is 11.8 Å². The van der Waals surface area contributed by atoms with E-state index >= 15 is 0 Å². The third kappa shape index (κ3) is 27.3. The van der Waals surface area contributed by atoms with E-state index in [-0.39, 0.29) is 0 Å². The van der Waals surface area contributed by atoms with Crippen molar-refractivity contribution in [1.29, 1.82) is 0 Å². The number of hydrogen-bond acceptors (Lipinski definition) is 7. The van der Waals surface area contributed by atoms with Crippen molar-refractivity contribution in [3.8, 4) is 0 Å². The lowest BCUT2D eigenvalue weighted by Gasteiger charge is -2.18. The summed E-state index contributed by atoms with van der Waals surface area (Å²) in [5.41, 5.74) is -0.454. The molecule has 0 rings (SSSR count). The fourth-order valence-electron chi connectivity index (χ4n) is 4.29. The van der Waals surface area contributed by atoms with E-state index in [0.717, 1.165) is 76.0 Å². The minimum atomic E-state index is -3.99. The molecule has 0 spiro atoms. The molecule has 0 heterocycles. The molecule has 4 N–H and O–H groups in total. The van der Waals surface area contributed by atoms with Crippen LogP contribution in [-0.4, -0.2) is 51.9 Å². The molecule has 0 aromatic heterocycles. The molecule has 0 radical (unpaired) electrons. The van der Waals surface area contributed by atoms with Crippen LogP contribution in [0.1, 0.15) is 129 Å². The van der Waals surface area contributed by atoms with Crippen LogP contribution in [0.4, 0.5) is 0 Å². The van der Waals surface area contributed by atoms with E-state index in [4.69, 9.17) is 5.26 Å². The first kappa shape index (κ1) is 36.3. The first-order valence-electron chi connectivity index (χ1n) is 14.5. The highest BCUT2D eigenvalue weighted by molar-refractivity contribution is 7.99. The third-order valence-corrected chi connectivity index (χ3v) is 9.12. The average molecular weight is 558 g/mol. The molecule has 0 aliphatic heterocycles. The van der Waals surface area contributed by atoms with Crippen LogP contribution in [0, 0.1) is 0 Å². The number of thioether (sulfide) groups is 1. The van der Waals surface area contributed by atoms with E-state index in [1.54, 1.807) is 0 Å². The Morgan fingerprint density at radius 1 is 0.722 bits per heavy atom. The summed E-state index contributed by atoms with van der Waals surface area (Å²) < 4.78 is 11.9. The summed E-state index contributed by atoms with van der Waals surface area (Å²) in [6.45, 7) is 4.70. The maximum atomic E-state index is 11.9. The van der Waals surface area contributed by atoms with Gasteiger partial charge in [-0.3, -0.25) is 4.57 Å². The minimum Gasteiger partial charge on any atom is -0.324 e. The molecule has 218 valence electrons. The highest BCUT2D eigenvalue weighted by Crippen LogP contribution is 2.46. The number of nitrogens with one attached hydrogen (secondary N) is 1. The summed E-state index contributed by atoms with van der Waals surface area (Å²) in [4.78, 5) is 24.0. The highest BCUT2D eigenvalue weighted by Gasteiger charge is 2.27. The van der Waals surface area contributed by atoms with Crippen LogP contribution >= 0.6 is 19.4 Å². The van der Waals surface area contributed by atoms with Crippen molar-refractivity contribution in [3.05, 3.63) is 0 Å². The van der Waals surface area contributed by atoms with Gasteiger partial charge in [-0.15, -0.1) is 0 Å². The van der Waals surface area contributed by atoms with Crippen molar-refractivity contribution in [2.45, 2.75) is 135 Å². The Bertz CT molecular complexity index is 485. The van der Waals surface area contributed by atoms with E-state index in [2.05, 4.69) is 27.2 Å². The molecule has 0 fully saturated rings. The molecular formula is C26H56NO7PS. The van der Waals surface area contributed by atoms with Gasteiger partial charge in [0.05, 0.1) is 12.3 Å². The summed E-state index contributed by atoms with van der Waals surface area (Å²) >= 11 is 1.89. The van der Waals surface area contributed by atoms with E-state index < -0.39 is 13.3 Å². The number of rotatable bonds is 30. The Kier molecular flexibility index (Phi) is 28.5. The van der Waals surface area contributed by atoms with Crippen LogP contribution in [0.2, 0.25) is 0 Å². The van der Waals surface area contributed by atoms with Gasteiger partial charge < -0.3 is 15.1 Å². The van der Waals surface area contributed by atoms with Gasteiger partial charge in [0.2, 0.25) is 0 Å². The van der Waals surface area contributed by atoms with E-state index in [1.807, 2.05) is 11.8 Å². The Morgan fingerprint density at radius 2 is 1.25 bits per heavy atom.